The van der Waals surface area contributed by atoms with Crippen molar-refractivity contribution in [2.24, 2.45) is 0 Å². The largest absolute Gasteiger partial charge is 0.393 e. The summed E-state index contributed by atoms with van der Waals surface area (Å²) in [6.45, 7) is 3.84. The summed E-state index contributed by atoms with van der Waals surface area (Å²) in [6.07, 6.45) is 0.814. The number of carbonyl (C=O) groups excluding carboxylic acids is 1. The molecule has 1 amide bonds. The third-order valence-electron chi connectivity index (χ3n) is 2.48. The highest BCUT2D eigenvalue weighted by atomic mass is 16.6. The number of nitrogens with two attached hydrogens (primary N) is 1. The first-order valence-corrected chi connectivity index (χ1v) is 5.30. The van der Waals surface area contributed by atoms with Gasteiger partial charge >= 0.3 is 0 Å². The van der Waals surface area contributed by atoms with Gasteiger partial charge in [-0.25, -0.2) is 0 Å². The Kier molecular flexibility index (Phi) is 4.03. The summed E-state index contributed by atoms with van der Waals surface area (Å²) >= 11 is 0. The van der Waals surface area contributed by atoms with Gasteiger partial charge in [-0.3, -0.25) is 14.9 Å². The lowest BCUT2D eigenvalue weighted by Gasteiger charge is -2.11. The molecular weight excluding hydrogens is 222 g/mol. The zero-order valence-electron chi connectivity index (χ0n) is 9.77. The quantitative estimate of drug-likeness (QED) is 0.473. The summed E-state index contributed by atoms with van der Waals surface area (Å²) in [5, 5.41) is 13.3. The molecular formula is C11H15N3O3. The van der Waals surface area contributed by atoms with Gasteiger partial charge in [-0.05, 0) is 25.5 Å². The molecule has 1 aromatic carbocycles. The number of nitro benzene ring substituents is 1. The number of carbonyl (C=O) groups is 1. The van der Waals surface area contributed by atoms with E-state index in [1.807, 2.05) is 13.8 Å². The van der Waals surface area contributed by atoms with Crippen molar-refractivity contribution in [2.45, 2.75) is 26.3 Å². The standard InChI is InChI=1S/C11H15N3O3/c1-3-7(2)13-11(15)8-4-5-10(14(16)17)9(12)6-8/h4-7H,3,12H2,1-2H3,(H,13,15). The first kappa shape index (κ1) is 13.0. The van der Waals surface area contributed by atoms with Crippen molar-refractivity contribution >= 4 is 17.3 Å². The number of nitrogen functional groups attached to an aromatic ring is 1. The van der Waals surface area contributed by atoms with Crippen LogP contribution in [0.15, 0.2) is 18.2 Å². The molecule has 1 rings (SSSR count). The Bertz CT molecular complexity index is 446. The number of hydrogen-bond donors (Lipinski definition) is 2. The van der Waals surface area contributed by atoms with E-state index in [1.54, 1.807) is 0 Å². The lowest BCUT2D eigenvalue weighted by atomic mass is 10.1. The van der Waals surface area contributed by atoms with E-state index in [1.165, 1.54) is 18.2 Å². The summed E-state index contributed by atoms with van der Waals surface area (Å²) < 4.78 is 0. The second kappa shape index (κ2) is 5.29. The Balaban J connectivity index is 2.90. The molecule has 1 unspecified atom stereocenters. The Labute approximate surface area is 99.0 Å². The normalized spacial score (nSPS) is 11.9. The molecule has 0 aromatic heterocycles. The van der Waals surface area contributed by atoms with Crippen LogP contribution < -0.4 is 11.1 Å². The second-order valence-corrected chi connectivity index (χ2v) is 3.81. The molecule has 1 aromatic rings. The van der Waals surface area contributed by atoms with Crippen molar-refractivity contribution in [3.8, 4) is 0 Å². The first-order valence-electron chi connectivity index (χ1n) is 5.30. The van der Waals surface area contributed by atoms with Crippen LogP contribution in [0.5, 0.6) is 0 Å². The van der Waals surface area contributed by atoms with E-state index in [2.05, 4.69) is 5.32 Å². The van der Waals surface area contributed by atoms with E-state index in [-0.39, 0.29) is 23.3 Å². The van der Waals surface area contributed by atoms with Gasteiger partial charge in [-0.2, -0.15) is 0 Å². The summed E-state index contributed by atoms with van der Waals surface area (Å²) in [7, 11) is 0. The maximum absolute atomic E-state index is 11.7. The van der Waals surface area contributed by atoms with Crippen LogP contribution in [0.3, 0.4) is 0 Å². The molecule has 17 heavy (non-hydrogen) atoms. The van der Waals surface area contributed by atoms with Crippen molar-refractivity contribution in [3.05, 3.63) is 33.9 Å². The van der Waals surface area contributed by atoms with Gasteiger partial charge < -0.3 is 11.1 Å². The topological polar surface area (TPSA) is 98.3 Å². The number of nitrogens with one attached hydrogen (secondary N) is 1. The van der Waals surface area contributed by atoms with Crippen molar-refractivity contribution in [1.82, 2.24) is 5.32 Å². The minimum Gasteiger partial charge on any atom is -0.393 e. The Morgan fingerprint density at radius 3 is 2.71 bits per heavy atom. The van der Waals surface area contributed by atoms with Crippen LogP contribution in [0.25, 0.3) is 0 Å². The van der Waals surface area contributed by atoms with Gasteiger partial charge in [-0.15, -0.1) is 0 Å². The van der Waals surface area contributed by atoms with Crippen molar-refractivity contribution in [2.75, 3.05) is 5.73 Å². The number of nitro groups is 1. The summed E-state index contributed by atoms with van der Waals surface area (Å²) in [5.74, 6) is -0.277. The number of rotatable bonds is 4. The van der Waals surface area contributed by atoms with E-state index in [0.29, 0.717) is 5.56 Å². The maximum atomic E-state index is 11.7. The predicted octanol–water partition coefficient (Wildman–Crippen LogP) is 1.71. The molecule has 0 aliphatic heterocycles. The van der Waals surface area contributed by atoms with Gasteiger partial charge in [-0.1, -0.05) is 6.92 Å². The lowest BCUT2D eigenvalue weighted by Crippen LogP contribution is -2.31. The van der Waals surface area contributed by atoms with Crippen molar-refractivity contribution in [1.29, 1.82) is 0 Å². The highest BCUT2D eigenvalue weighted by Crippen LogP contribution is 2.21. The summed E-state index contributed by atoms with van der Waals surface area (Å²) in [4.78, 5) is 21.7. The van der Waals surface area contributed by atoms with Crippen LogP contribution in [0.4, 0.5) is 11.4 Å². The SMILES string of the molecule is CCC(C)NC(=O)c1ccc([N+](=O)[O-])c(N)c1. The molecule has 0 radical (unpaired) electrons. The molecule has 0 fully saturated rings. The fourth-order valence-corrected chi connectivity index (χ4v) is 1.27. The van der Waals surface area contributed by atoms with Gasteiger partial charge in [0.25, 0.3) is 11.6 Å². The van der Waals surface area contributed by atoms with Crippen LogP contribution in [0, 0.1) is 10.1 Å². The minimum atomic E-state index is -0.578. The van der Waals surface area contributed by atoms with E-state index in [9.17, 15) is 14.9 Å². The van der Waals surface area contributed by atoms with Crippen LogP contribution in [-0.4, -0.2) is 16.9 Å². The average Bonchev–Trinajstić information content (AvgIpc) is 2.28. The predicted molar refractivity (Wildman–Crippen MR) is 64.7 cm³/mol. The number of benzene rings is 1. The molecule has 0 aliphatic carbocycles. The van der Waals surface area contributed by atoms with Crippen LogP contribution in [0.2, 0.25) is 0 Å². The van der Waals surface area contributed by atoms with Crippen LogP contribution in [-0.2, 0) is 0 Å². The molecule has 3 N–H and O–H groups in total. The van der Waals surface area contributed by atoms with Gasteiger partial charge in [0.2, 0.25) is 0 Å². The molecule has 6 heteroatoms. The monoisotopic (exact) mass is 237 g/mol. The van der Waals surface area contributed by atoms with E-state index in [4.69, 9.17) is 5.73 Å². The van der Waals surface area contributed by atoms with Gasteiger partial charge in [0.1, 0.15) is 5.69 Å². The smallest absolute Gasteiger partial charge is 0.292 e. The number of amides is 1. The fraction of sp³-hybridized carbons (Fsp3) is 0.364. The van der Waals surface area contributed by atoms with Crippen molar-refractivity contribution < 1.29 is 9.72 Å². The first-order chi connectivity index (χ1) is 7.95. The summed E-state index contributed by atoms with van der Waals surface area (Å²) in [6, 6.07) is 4.00. The Morgan fingerprint density at radius 2 is 2.24 bits per heavy atom. The number of anilines is 1. The zero-order chi connectivity index (χ0) is 13.0. The zero-order valence-corrected chi connectivity index (χ0v) is 9.77. The number of nitrogens with zero attached hydrogens (tertiary/aromatic N) is 1. The van der Waals surface area contributed by atoms with Gasteiger partial charge in [0, 0.05) is 17.7 Å². The highest BCUT2D eigenvalue weighted by Gasteiger charge is 2.15. The third-order valence-corrected chi connectivity index (χ3v) is 2.48. The van der Waals surface area contributed by atoms with Gasteiger partial charge in [0.15, 0.2) is 0 Å². The van der Waals surface area contributed by atoms with Crippen LogP contribution >= 0.6 is 0 Å². The molecule has 6 nitrogen and oxygen atoms in total. The minimum absolute atomic E-state index is 0.00759. The molecule has 0 heterocycles. The maximum Gasteiger partial charge on any atom is 0.292 e. The van der Waals surface area contributed by atoms with E-state index >= 15 is 0 Å². The van der Waals surface area contributed by atoms with E-state index < -0.39 is 4.92 Å². The Hall–Kier alpha value is -2.11. The molecule has 92 valence electrons. The molecule has 0 saturated heterocycles. The highest BCUT2D eigenvalue weighted by molar-refractivity contribution is 5.95. The molecule has 1 atom stereocenters. The van der Waals surface area contributed by atoms with E-state index in [0.717, 1.165) is 6.42 Å². The molecule has 0 saturated carbocycles. The third kappa shape index (κ3) is 3.17. The average molecular weight is 237 g/mol. The molecule has 0 bridgehead atoms. The molecule has 0 aliphatic rings. The Morgan fingerprint density at radius 1 is 1.59 bits per heavy atom. The fourth-order valence-electron chi connectivity index (χ4n) is 1.27. The molecule has 0 spiro atoms. The second-order valence-electron chi connectivity index (χ2n) is 3.81. The number of hydrogen-bond acceptors (Lipinski definition) is 4. The summed E-state index contributed by atoms with van der Waals surface area (Å²) in [5.41, 5.74) is 5.63. The lowest BCUT2D eigenvalue weighted by molar-refractivity contribution is -0.383. The van der Waals surface area contributed by atoms with Gasteiger partial charge in [0.05, 0.1) is 4.92 Å². The van der Waals surface area contributed by atoms with Crippen LogP contribution in [0.1, 0.15) is 30.6 Å². The van der Waals surface area contributed by atoms with Crippen molar-refractivity contribution in [3.63, 3.8) is 0 Å².